The SMILES string of the molecule is CC(C)(C)CCC(=O)Nc1ccc2c(c1)CNCC2.Cl. The second kappa shape index (κ2) is 7.09. The zero-order valence-electron chi connectivity index (χ0n) is 12.6. The summed E-state index contributed by atoms with van der Waals surface area (Å²) in [6.07, 6.45) is 2.57. The highest BCUT2D eigenvalue weighted by Gasteiger charge is 2.14. The molecule has 2 N–H and O–H groups in total. The Bertz CT molecular complexity index is 466. The van der Waals surface area contributed by atoms with Gasteiger partial charge in [-0.05, 0) is 48.1 Å². The van der Waals surface area contributed by atoms with Crippen LogP contribution in [0.25, 0.3) is 0 Å². The highest BCUT2D eigenvalue weighted by atomic mass is 35.5. The molecule has 1 aliphatic heterocycles. The van der Waals surface area contributed by atoms with Crippen molar-refractivity contribution in [2.45, 2.75) is 46.6 Å². The summed E-state index contributed by atoms with van der Waals surface area (Å²) < 4.78 is 0. The van der Waals surface area contributed by atoms with Gasteiger partial charge < -0.3 is 10.6 Å². The van der Waals surface area contributed by atoms with Crippen molar-refractivity contribution in [3.05, 3.63) is 29.3 Å². The summed E-state index contributed by atoms with van der Waals surface area (Å²) in [7, 11) is 0. The van der Waals surface area contributed by atoms with Crippen LogP contribution in [0.5, 0.6) is 0 Å². The van der Waals surface area contributed by atoms with Crippen LogP contribution in [0.1, 0.15) is 44.7 Å². The van der Waals surface area contributed by atoms with E-state index in [2.05, 4.69) is 43.5 Å². The summed E-state index contributed by atoms with van der Waals surface area (Å²) in [5, 5.41) is 6.35. The van der Waals surface area contributed by atoms with Crippen LogP contribution in [-0.4, -0.2) is 12.5 Å². The molecule has 1 aromatic rings. The van der Waals surface area contributed by atoms with Crippen molar-refractivity contribution in [1.82, 2.24) is 5.32 Å². The second-order valence-corrected chi connectivity index (χ2v) is 6.52. The normalized spacial score (nSPS) is 14.2. The number of carbonyl (C=O) groups excluding carboxylic acids is 1. The van der Waals surface area contributed by atoms with Gasteiger partial charge in [0.1, 0.15) is 0 Å². The fraction of sp³-hybridized carbons (Fsp3) is 0.562. The summed E-state index contributed by atoms with van der Waals surface area (Å²) in [4.78, 5) is 11.9. The standard InChI is InChI=1S/C16H24N2O.ClH/c1-16(2,3)8-6-15(19)18-14-5-4-12-7-9-17-11-13(12)10-14;/h4-5,10,17H,6-9,11H2,1-3H3,(H,18,19);1H. The Morgan fingerprint density at radius 2 is 2.05 bits per heavy atom. The monoisotopic (exact) mass is 296 g/mol. The minimum atomic E-state index is 0. The molecule has 0 aliphatic carbocycles. The molecule has 112 valence electrons. The van der Waals surface area contributed by atoms with Crippen LogP contribution < -0.4 is 10.6 Å². The lowest BCUT2D eigenvalue weighted by atomic mass is 9.90. The molecule has 20 heavy (non-hydrogen) atoms. The van der Waals surface area contributed by atoms with E-state index < -0.39 is 0 Å². The van der Waals surface area contributed by atoms with E-state index in [1.54, 1.807) is 0 Å². The fourth-order valence-electron chi connectivity index (χ4n) is 2.27. The largest absolute Gasteiger partial charge is 0.326 e. The number of hydrogen-bond acceptors (Lipinski definition) is 2. The summed E-state index contributed by atoms with van der Waals surface area (Å²) >= 11 is 0. The van der Waals surface area contributed by atoms with Gasteiger partial charge in [0.2, 0.25) is 5.91 Å². The molecule has 1 amide bonds. The summed E-state index contributed by atoms with van der Waals surface area (Å²) in [5.74, 6) is 0.110. The lowest BCUT2D eigenvalue weighted by Crippen LogP contribution is -2.24. The van der Waals surface area contributed by atoms with Crippen molar-refractivity contribution in [1.29, 1.82) is 0 Å². The molecule has 0 atom stereocenters. The summed E-state index contributed by atoms with van der Waals surface area (Å²) in [6.45, 7) is 8.42. The average Bonchev–Trinajstić information content (AvgIpc) is 2.35. The van der Waals surface area contributed by atoms with Crippen LogP contribution >= 0.6 is 12.4 Å². The highest BCUT2D eigenvalue weighted by Crippen LogP contribution is 2.22. The summed E-state index contributed by atoms with van der Waals surface area (Å²) in [5.41, 5.74) is 3.82. The summed E-state index contributed by atoms with van der Waals surface area (Å²) in [6, 6.07) is 6.24. The van der Waals surface area contributed by atoms with Gasteiger partial charge >= 0.3 is 0 Å². The Kier molecular flexibility index (Phi) is 6.03. The van der Waals surface area contributed by atoms with Crippen molar-refractivity contribution >= 4 is 24.0 Å². The van der Waals surface area contributed by atoms with Crippen molar-refractivity contribution in [2.24, 2.45) is 5.41 Å². The van der Waals surface area contributed by atoms with Gasteiger partial charge in [-0.15, -0.1) is 12.4 Å². The molecule has 0 spiro atoms. The predicted molar refractivity (Wildman–Crippen MR) is 86.4 cm³/mol. The molecule has 0 saturated heterocycles. The first-order chi connectivity index (χ1) is 8.94. The number of fused-ring (bicyclic) bond motifs is 1. The van der Waals surface area contributed by atoms with Crippen LogP contribution in [0.3, 0.4) is 0 Å². The molecule has 0 radical (unpaired) electrons. The zero-order valence-corrected chi connectivity index (χ0v) is 13.4. The van der Waals surface area contributed by atoms with E-state index in [9.17, 15) is 4.79 Å². The molecule has 3 nitrogen and oxygen atoms in total. The first-order valence-corrected chi connectivity index (χ1v) is 7.06. The van der Waals surface area contributed by atoms with Gasteiger partial charge in [0.15, 0.2) is 0 Å². The average molecular weight is 297 g/mol. The fourth-order valence-corrected chi connectivity index (χ4v) is 2.27. The van der Waals surface area contributed by atoms with E-state index >= 15 is 0 Å². The maximum absolute atomic E-state index is 11.9. The van der Waals surface area contributed by atoms with Gasteiger partial charge in [0.05, 0.1) is 0 Å². The third-order valence-corrected chi connectivity index (χ3v) is 3.48. The molecule has 1 aliphatic rings. The number of nitrogens with one attached hydrogen (secondary N) is 2. The topological polar surface area (TPSA) is 41.1 Å². The molecule has 0 aromatic heterocycles. The van der Waals surface area contributed by atoms with Crippen LogP contribution in [0.2, 0.25) is 0 Å². The van der Waals surface area contributed by atoms with Crippen LogP contribution in [0.15, 0.2) is 18.2 Å². The van der Waals surface area contributed by atoms with Crippen molar-refractivity contribution in [2.75, 3.05) is 11.9 Å². The number of anilines is 1. The van der Waals surface area contributed by atoms with Crippen LogP contribution in [0, 0.1) is 5.41 Å². The Morgan fingerprint density at radius 1 is 1.30 bits per heavy atom. The van der Waals surface area contributed by atoms with Gasteiger partial charge in [-0.1, -0.05) is 26.8 Å². The number of carbonyl (C=O) groups is 1. The molecule has 1 heterocycles. The van der Waals surface area contributed by atoms with Crippen LogP contribution in [0.4, 0.5) is 5.69 Å². The Labute approximate surface area is 127 Å². The predicted octanol–water partition coefficient (Wildman–Crippen LogP) is 3.52. The minimum Gasteiger partial charge on any atom is -0.326 e. The molecular weight excluding hydrogens is 272 g/mol. The maximum Gasteiger partial charge on any atom is 0.224 e. The Morgan fingerprint density at radius 3 is 2.75 bits per heavy atom. The molecule has 2 rings (SSSR count). The van der Waals surface area contributed by atoms with Crippen molar-refractivity contribution in [3.63, 3.8) is 0 Å². The van der Waals surface area contributed by atoms with Gasteiger partial charge in [-0.25, -0.2) is 0 Å². The van der Waals surface area contributed by atoms with Crippen molar-refractivity contribution < 1.29 is 4.79 Å². The van der Waals surface area contributed by atoms with E-state index in [0.717, 1.165) is 31.6 Å². The number of halogens is 1. The van der Waals surface area contributed by atoms with E-state index in [4.69, 9.17) is 0 Å². The Balaban J connectivity index is 0.00000200. The Hall–Kier alpha value is -1.06. The van der Waals surface area contributed by atoms with E-state index in [1.165, 1.54) is 11.1 Å². The first-order valence-electron chi connectivity index (χ1n) is 7.06. The molecular formula is C16H25ClN2O. The molecule has 4 heteroatoms. The number of rotatable bonds is 3. The quantitative estimate of drug-likeness (QED) is 0.896. The zero-order chi connectivity index (χ0) is 13.9. The van der Waals surface area contributed by atoms with Crippen LogP contribution in [-0.2, 0) is 17.8 Å². The number of hydrogen-bond donors (Lipinski definition) is 2. The highest BCUT2D eigenvalue weighted by molar-refractivity contribution is 5.90. The number of benzene rings is 1. The molecule has 1 aromatic carbocycles. The van der Waals surface area contributed by atoms with E-state index in [-0.39, 0.29) is 23.7 Å². The van der Waals surface area contributed by atoms with E-state index in [0.29, 0.717) is 6.42 Å². The van der Waals surface area contributed by atoms with Gasteiger partial charge in [-0.3, -0.25) is 4.79 Å². The third-order valence-electron chi connectivity index (χ3n) is 3.48. The second-order valence-electron chi connectivity index (χ2n) is 6.52. The van der Waals surface area contributed by atoms with Gasteiger partial charge in [-0.2, -0.15) is 0 Å². The third kappa shape index (κ3) is 5.14. The number of amides is 1. The molecule has 0 bridgehead atoms. The van der Waals surface area contributed by atoms with E-state index in [1.807, 2.05) is 6.07 Å². The van der Waals surface area contributed by atoms with Gasteiger partial charge in [0.25, 0.3) is 0 Å². The molecule has 0 saturated carbocycles. The maximum atomic E-state index is 11.9. The molecule has 0 unspecified atom stereocenters. The first kappa shape index (κ1) is 17.0. The lowest BCUT2D eigenvalue weighted by molar-refractivity contribution is -0.116. The minimum absolute atomic E-state index is 0. The molecule has 0 fully saturated rings. The smallest absolute Gasteiger partial charge is 0.224 e. The van der Waals surface area contributed by atoms with Gasteiger partial charge in [0, 0.05) is 18.7 Å². The lowest BCUT2D eigenvalue weighted by Gasteiger charge is -2.19. The van der Waals surface area contributed by atoms with Crippen molar-refractivity contribution in [3.8, 4) is 0 Å².